The zero-order chi connectivity index (χ0) is 26.5. The average molecular weight is 514 g/mol. The third-order valence-corrected chi connectivity index (χ3v) is 9.06. The lowest BCUT2D eigenvalue weighted by atomic mass is 9.65. The fraction of sp³-hybridized carbons (Fsp3) is 0.344. The Hall–Kier alpha value is -3.51. The number of fused-ring (bicyclic) bond motifs is 4. The lowest BCUT2D eigenvalue weighted by Gasteiger charge is -2.55. The van der Waals surface area contributed by atoms with Gasteiger partial charge in [0.15, 0.2) is 0 Å². The third kappa shape index (κ3) is 3.93. The van der Waals surface area contributed by atoms with E-state index in [-0.39, 0.29) is 23.1 Å². The van der Waals surface area contributed by atoms with Crippen molar-refractivity contribution < 1.29 is 13.6 Å². The molecule has 1 aliphatic carbocycles. The van der Waals surface area contributed by atoms with E-state index in [1.54, 1.807) is 24.3 Å². The Balaban J connectivity index is 1.43. The van der Waals surface area contributed by atoms with Crippen LogP contribution in [0.1, 0.15) is 48.1 Å². The molecule has 2 heterocycles. The van der Waals surface area contributed by atoms with E-state index in [0.717, 1.165) is 59.0 Å². The van der Waals surface area contributed by atoms with E-state index in [9.17, 15) is 13.6 Å². The standard InChI is InChI=1S/C32H33F2N3O/c1-36(2)31(23-9-6-10-24(33)20-23)14-16-32(17-15-31)30-26(27-21-25(34)11-12-28(27)35-30)13-18-37(32)29(38)19-22-7-4-3-5-8-22/h3-12,20-21,35H,13-19H2,1-2H3. The van der Waals surface area contributed by atoms with Crippen LogP contribution in [0.2, 0.25) is 0 Å². The Labute approximate surface area is 222 Å². The summed E-state index contributed by atoms with van der Waals surface area (Å²) in [5, 5.41) is 0.907. The highest BCUT2D eigenvalue weighted by Crippen LogP contribution is 2.53. The molecule has 1 aromatic heterocycles. The van der Waals surface area contributed by atoms with E-state index < -0.39 is 5.54 Å². The number of nitrogens with one attached hydrogen (secondary N) is 1. The summed E-state index contributed by atoms with van der Waals surface area (Å²) in [4.78, 5) is 21.8. The first-order valence-electron chi connectivity index (χ1n) is 13.4. The van der Waals surface area contributed by atoms with Gasteiger partial charge in [-0.1, -0.05) is 42.5 Å². The Morgan fingerprint density at radius 2 is 1.66 bits per heavy atom. The zero-order valence-corrected chi connectivity index (χ0v) is 21.9. The molecule has 0 unspecified atom stereocenters. The van der Waals surface area contributed by atoms with Crippen molar-refractivity contribution in [2.45, 2.75) is 49.6 Å². The molecule has 38 heavy (non-hydrogen) atoms. The minimum Gasteiger partial charge on any atom is -0.356 e. The molecule has 1 aliphatic heterocycles. The molecule has 0 atom stereocenters. The van der Waals surface area contributed by atoms with Crippen molar-refractivity contribution in [1.82, 2.24) is 14.8 Å². The fourth-order valence-electron chi connectivity index (χ4n) is 7.05. The molecule has 4 aromatic rings. The van der Waals surface area contributed by atoms with Crippen LogP contribution in [-0.2, 0) is 28.7 Å². The fourth-order valence-corrected chi connectivity index (χ4v) is 7.05. The molecule has 1 saturated carbocycles. The zero-order valence-electron chi connectivity index (χ0n) is 21.9. The predicted molar refractivity (Wildman–Crippen MR) is 146 cm³/mol. The van der Waals surface area contributed by atoms with E-state index in [0.29, 0.717) is 19.4 Å². The second-order valence-corrected chi connectivity index (χ2v) is 11.1. The molecule has 3 aromatic carbocycles. The number of benzene rings is 3. The van der Waals surface area contributed by atoms with E-state index in [1.165, 1.54) is 12.1 Å². The molecule has 6 rings (SSSR count). The first-order valence-corrected chi connectivity index (χ1v) is 13.4. The van der Waals surface area contributed by atoms with Gasteiger partial charge in [0, 0.05) is 28.7 Å². The van der Waals surface area contributed by atoms with Gasteiger partial charge in [-0.15, -0.1) is 0 Å². The van der Waals surface area contributed by atoms with Crippen LogP contribution < -0.4 is 0 Å². The molecule has 1 amide bonds. The summed E-state index contributed by atoms with van der Waals surface area (Å²) >= 11 is 0. The Morgan fingerprint density at radius 1 is 0.921 bits per heavy atom. The van der Waals surface area contributed by atoms with E-state index in [4.69, 9.17) is 0 Å². The summed E-state index contributed by atoms with van der Waals surface area (Å²) in [6.07, 6.45) is 4.01. The number of carbonyl (C=O) groups is 1. The first-order chi connectivity index (χ1) is 18.3. The monoisotopic (exact) mass is 513 g/mol. The molecular weight excluding hydrogens is 480 g/mol. The molecule has 2 aliphatic rings. The molecule has 1 spiro atoms. The largest absolute Gasteiger partial charge is 0.356 e. The van der Waals surface area contributed by atoms with Gasteiger partial charge in [0.2, 0.25) is 5.91 Å². The maximum Gasteiger partial charge on any atom is 0.227 e. The lowest BCUT2D eigenvalue weighted by molar-refractivity contribution is -0.142. The number of H-pyrrole nitrogens is 1. The van der Waals surface area contributed by atoms with Gasteiger partial charge >= 0.3 is 0 Å². The highest BCUT2D eigenvalue weighted by Gasteiger charge is 2.53. The van der Waals surface area contributed by atoms with Gasteiger partial charge < -0.3 is 9.88 Å². The molecule has 1 fully saturated rings. The summed E-state index contributed by atoms with van der Waals surface area (Å²) in [5.41, 5.74) is 4.16. The maximum atomic E-state index is 14.3. The highest BCUT2D eigenvalue weighted by molar-refractivity contribution is 5.87. The van der Waals surface area contributed by atoms with Crippen molar-refractivity contribution >= 4 is 16.8 Å². The van der Waals surface area contributed by atoms with Crippen molar-refractivity contribution in [3.8, 4) is 0 Å². The van der Waals surface area contributed by atoms with Crippen LogP contribution in [0.3, 0.4) is 0 Å². The van der Waals surface area contributed by atoms with E-state index in [2.05, 4.69) is 28.9 Å². The SMILES string of the molecule is CN(C)C1(c2cccc(F)c2)CCC2(CC1)c1[nH]c3ccc(F)cc3c1CCN2C(=O)Cc1ccccc1. The first kappa shape index (κ1) is 24.8. The summed E-state index contributed by atoms with van der Waals surface area (Å²) in [7, 11) is 4.11. The summed E-state index contributed by atoms with van der Waals surface area (Å²) in [6.45, 7) is 0.594. The van der Waals surface area contributed by atoms with Crippen LogP contribution in [0.15, 0.2) is 72.8 Å². The minimum atomic E-state index is -0.526. The molecule has 6 heteroatoms. The van der Waals surface area contributed by atoms with Crippen LogP contribution in [0.4, 0.5) is 8.78 Å². The van der Waals surface area contributed by atoms with Crippen molar-refractivity contribution in [2.24, 2.45) is 0 Å². The summed E-state index contributed by atoms with van der Waals surface area (Å²) in [6, 6.07) is 21.7. The third-order valence-electron chi connectivity index (χ3n) is 9.06. The van der Waals surface area contributed by atoms with Crippen molar-refractivity contribution in [2.75, 3.05) is 20.6 Å². The number of aromatic amines is 1. The van der Waals surface area contributed by atoms with Gasteiger partial charge in [-0.3, -0.25) is 9.69 Å². The smallest absolute Gasteiger partial charge is 0.227 e. The Kier molecular flexibility index (Phi) is 6.10. The van der Waals surface area contributed by atoms with E-state index in [1.807, 2.05) is 36.4 Å². The number of amides is 1. The number of halogens is 2. The predicted octanol–water partition coefficient (Wildman–Crippen LogP) is 6.30. The van der Waals surface area contributed by atoms with Crippen molar-refractivity contribution in [3.05, 3.63) is 107 Å². The highest BCUT2D eigenvalue weighted by atomic mass is 19.1. The van der Waals surface area contributed by atoms with Crippen LogP contribution >= 0.6 is 0 Å². The number of rotatable bonds is 4. The van der Waals surface area contributed by atoms with Crippen LogP contribution in [0.5, 0.6) is 0 Å². The summed E-state index contributed by atoms with van der Waals surface area (Å²) in [5.74, 6) is -0.381. The number of carbonyl (C=O) groups excluding carboxylic acids is 1. The normalized spacial score (nSPS) is 23.2. The molecular formula is C32H33F2N3O. The van der Waals surface area contributed by atoms with Crippen molar-refractivity contribution in [3.63, 3.8) is 0 Å². The lowest BCUT2D eigenvalue weighted by Crippen LogP contribution is -2.58. The molecule has 0 bridgehead atoms. The van der Waals surface area contributed by atoms with Gasteiger partial charge in [0.1, 0.15) is 11.6 Å². The number of hydrogen-bond donors (Lipinski definition) is 1. The van der Waals surface area contributed by atoms with Gasteiger partial charge in [-0.25, -0.2) is 8.78 Å². The molecule has 196 valence electrons. The van der Waals surface area contributed by atoms with E-state index >= 15 is 0 Å². The molecule has 1 N–H and O–H groups in total. The topological polar surface area (TPSA) is 39.3 Å². The quantitative estimate of drug-likeness (QED) is 0.348. The summed E-state index contributed by atoms with van der Waals surface area (Å²) < 4.78 is 28.6. The van der Waals surface area contributed by atoms with Crippen LogP contribution in [-0.4, -0.2) is 41.3 Å². The average Bonchev–Trinajstić information content (AvgIpc) is 3.29. The van der Waals surface area contributed by atoms with Gasteiger partial charge in [-0.2, -0.15) is 0 Å². The van der Waals surface area contributed by atoms with Crippen molar-refractivity contribution in [1.29, 1.82) is 0 Å². The van der Waals surface area contributed by atoms with Gasteiger partial charge in [0.25, 0.3) is 0 Å². The second kappa shape index (κ2) is 9.35. The number of aromatic nitrogens is 1. The van der Waals surface area contributed by atoms with Gasteiger partial charge in [0.05, 0.1) is 12.0 Å². The number of nitrogens with zero attached hydrogens (tertiary/aromatic N) is 2. The van der Waals surface area contributed by atoms with Gasteiger partial charge in [-0.05, 0) is 93.2 Å². The molecule has 4 nitrogen and oxygen atoms in total. The minimum absolute atomic E-state index is 0.106. The Morgan fingerprint density at radius 3 is 2.37 bits per heavy atom. The Bertz CT molecular complexity index is 1490. The second-order valence-electron chi connectivity index (χ2n) is 11.1. The molecule has 0 saturated heterocycles. The molecule has 0 radical (unpaired) electrons. The maximum absolute atomic E-state index is 14.3. The number of hydrogen-bond acceptors (Lipinski definition) is 2. The van der Waals surface area contributed by atoms with Crippen LogP contribution in [0, 0.1) is 11.6 Å². The van der Waals surface area contributed by atoms with Crippen LogP contribution in [0.25, 0.3) is 10.9 Å².